The average Bonchev–Trinajstić information content (AvgIpc) is 3.24. The highest BCUT2D eigenvalue weighted by Gasteiger charge is 2.18. The summed E-state index contributed by atoms with van der Waals surface area (Å²) in [7, 11) is 0. The number of nitrogens with zero attached hydrogens (tertiary/aromatic N) is 1. The number of carboxylic acid groups (broad SMARTS) is 1. The van der Waals surface area contributed by atoms with Gasteiger partial charge in [0.2, 0.25) is 0 Å². The molecule has 2 N–H and O–H groups in total. The molecule has 1 unspecified atom stereocenters. The molecule has 7 nitrogen and oxygen atoms in total. The van der Waals surface area contributed by atoms with Crippen LogP contribution in [0.25, 0.3) is 22.4 Å². The molecule has 0 aliphatic rings. The fraction of sp³-hybridized carbons (Fsp3) is 0.179. The molecule has 36 heavy (non-hydrogen) atoms. The number of hydrogen-bond donors (Lipinski definition) is 2. The normalized spacial score (nSPS) is 11.6. The highest BCUT2D eigenvalue weighted by molar-refractivity contribution is 5.91. The van der Waals surface area contributed by atoms with Crippen molar-refractivity contribution in [1.82, 2.24) is 5.16 Å². The molecular weight excluding hydrogens is 463 g/mol. The number of carbonyl (C=O) groups is 2. The van der Waals surface area contributed by atoms with Crippen molar-refractivity contribution in [1.29, 1.82) is 0 Å². The van der Waals surface area contributed by atoms with Gasteiger partial charge in [-0.15, -0.1) is 0 Å². The van der Waals surface area contributed by atoms with E-state index in [9.17, 15) is 19.1 Å². The van der Waals surface area contributed by atoms with Gasteiger partial charge in [-0.05, 0) is 42.2 Å². The van der Waals surface area contributed by atoms with Crippen molar-refractivity contribution in [2.45, 2.75) is 26.2 Å². The Kier molecular flexibility index (Phi) is 7.44. The molecule has 0 spiro atoms. The van der Waals surface area contributed by atoms with Crippen molar-refractivity contribution >= 4 is 17.7 Å². The van der Waals surface area contributed by atoms with Gasteiger partial charge in [0, 0.05) is 12.0 Å². The molecule has 0 saturated heterocycles. The highest BCUT2D eigenvalue weighted by Crippen LogP contribution is 2.32. The Balaban J connectivity index is 1.42. The van der Waals surface area contributed by atoms with Crippen LogP contribution in [0, 0.1) is 12.7 Å². The lowest BCUT2D eigenvalue weighted by Gasteiger charge is -2.09. The predicted octanol–water partition coefficient (Wildman–Crippen LogP) is 6.44. The van der Waals surface area contributed by atoms with Crippen molar-refractivity contribution < 1.29 is 28.3 Å². The van der Waals surface area contributed by atoms with Crippen LogP contribution < -0.4 is 5.32 Å². The zero-order valence-electron chi connectivity index (χ0n) is 19.8. The molecule has 0 aliphatic heterocycles. The summed E-state index contributed by atoms with van der Waals surface area (Å²) in [4.78, 5) is 23.5. The van der Waals surface area contributed by atoms with Gasteiger partial charge < -0.3 is 14.4 Å². The van der Waals surface area contributed by atoms with Crippen LogP contribution in [0.2, 0.25) is 0 Å². The van der Waals surface area contributed by atoms with Crippen LogP contribution >= 0.6 is 0 Å². The van der Waals surface area contributed by atoms with Gasteiger partial charge in [-0.25, -0.2) is 9.18 Å². The third-order valence-electron chi connectivity index (χ3n) is 5.92. The van der Waals surface area contributed by atoms with Crippen molar-refractivity contribution in [3.05, 3.63) is 95.5 Å². The molecule has 1 heterocycles. The lowest BCUT2D eigenvalue weighted by Crippen LogP contribution is -2.16. The Morgan fingerprint density at radius 2 is 1.61 bits per heavy atom. The fourth-order valence-corrected chi connectivity index (χ4v) is 3.74. The Labute approximate surface area is 207 Å². The Hall–Kier alpha value is -4.46. The summed E-state index contributed by atoms with van der Waals surface area (Å²) in [6.07, 6.45) is -0.432. The molecule has 4 rings (SSSR count). The number of halogens is 1. The van der Waals surface area contributed by atoms with Gasteiger partial charge in [0.1, 0.15) is 17.2 Å². The first-order valence-electron chi connectivity index (χ1n) is 11.4. The molecule has 1 amide bonds. The van der Waals surface area contributed by atoms with Gasteiger partial charge in [-0.2, -0.15) is 0 Å². The average molecular weight is 489 g/mol. The number of ether oxygens (including phenoxy) is 1. The zero-order valence-corrected chi connectivity index (χ0v) is 19.8. The minimum Gasteiger partial charge on any atom is -0.481 e. The second kappa shape index (κ2) is 10.9. The van der Waals surface area contributed by atoms with Gasteiger partial charge in [0.15, 0.2) is 5.76 Å². The summed E-state index contributed by atoms with van der Waals surface area (Å²) in [5.74, 6) is -1.36. The molecule has 0 radical (unpaired) electrons. The van der Waals surface area contributed by atoms with E-state index in [0.29, 0.717) is 22.7 Å². The number of carbonyl (C=O) groups excluding carboxylic acids is 1. The number of rotatable bonds is 8. The zero-order chi connectivity index (χ0) is 25.7. The Morgan fingerprint density at radius 3 is 2.25 bits per heavy atom. The standard InChI is InChI=1S/C28H25FN2O5/c1-17(27(32)33)19-7-9-20(10-8-19)21-11-13-23(14-12-21)26-25(18(2)36-31-26)30-28(34)35-16-15-22-5-3-4-6-24(22)29/h3-14,17H,15-16H2,1-2H3,(H,30,34)(H,32,33). The number of aryl methyl sites for hydroxylation is 1. The molecular formula is C28H25FN2O5. The molecule has 0 bridgehead atoms. The van der Waals surface area contributed by atoms with E-state index in [4.69, 9.17) is 9.26 Å². The summed E-state index contributed by atoms with van der Waals surface area (Å²) in [6, 6.07) is 21.3. The van der Waals surface area contributed by atoms with Gasteiger partial charge in [0.25, 0.3) is 0 Å². The van der Waals surface area contributed by atoms with Gasteiger partial charge in [-0.3, -0.25) is 10.1 Å². The number of anilines is 1. The van der Waals surface area contributed by atoms with Crippen LogP contribution in [0.1, 0.15) is 29.7 Å². The lowest BCUT2D eigenvalue weighted by molar-refractivity contribution is -0.138. The maximum absolute atomic E-state index is 13.7. The minimum absolute atomic E-state index is 0.0190. The summed E-state index contributed by atoms with van der Waals surface area (Å²) in [5.41, 5.74) is 4.66. The van der Waals surface area contributed by atoms with Gasteiger partial charge in [0.05, 0.1) is 12.5 Å². The number of benzene rings is 3. The summed E-state index contributed by atoms with van der Waals surface area (Å²) >= 11 is 0. The van der Waals surface area contributed by atoms with Crippen molar-refractivity contribution in [2.24, 2.45) is 0 Å². The number of aliphatic carboxylic acids is 1. The van der Waals surface area contributed by atoms with Crippen molar-refractivity contribution in [3.8, 4) is 22.4 Å². The van der Waals surface area contributed by atoms with Crippen LogP contribution in [-0.4, -0.2) is 28.9 Å². The smallest absolute Gasteiger partial charge is 0.411 e. The van der Waals surface area contributed by atoms with Crippen LogP contribution in [0.3, 0.4) is 0 Å². The van der Waals surface area contributed by atoms with E-state index >= 15 is 0 Å². The van der Waals surface area contributed by atoms with E-state index in [1.165, 1.54) is 6.07 Å². The number of amides is 1. The first kappa shape index (κ1) is 24.7. The maximum atomic E-state index is 13.7. The maximum Gasteiger partial charge on any atom is 0.411 e. The minimum atomic E-state index is -0.867. The Bertz CT molecular complexity index is 1360. The molecule has 0 fully saturated rings. The number of aromatic nitrogens is 1. The fourth-order valence-electron chi connectivity index (χ4n) is 3.74. The summed E-state index contributed by atoms with van der Waals surface area (Å²) in [6.45, 7) is 3.35. The van der Waals surface area contributed by atoms with Gasteiger partial charge in [-0.1, -0.05) is 71.9 Å². The third kappa shape index (κ3) is 5.60. The topological polar surface area (TPSA) is 102 Å². The van der Waals surface area contributed by atoms with E-state index in [0.717, 1.165) is 22.3 Å². The first-order valence-corrected chi connectivity index (χ1v) is 11.4. The SMILES string of the molecule is Cc1onc(-c2ccc(-c3ccc(C(C)C(=O)O)cc3)cc2)c1NC(=O)OCCc1ccccc1F. The molecule has 1 aromatic heterocycles. The molecule has 184 valence electrons. The van der Waals surface area contributed by atoms with Crippen LogP contribution in [-0.2, 0) is 16.0 Å². The van der Waals surface area contributed by atoms with Crippen LogP contribution in [0.15, 0.2) is 77.3 Å². The van der Waals surface area contributed by atoms with Crippen molar-refractivity contribution in [2.75, 3.05) is 11.9 Å². The van der Waals surface area contributed by atoms with Crippen molar-refractivity contribution in [3.63, 3.8) is 0 Å². The number of nitrogens with one attached hydrogen (secondary N) is 1. The second-order valence-electron chi connectivity index (χ2n) is 8.32. The molecule has 4 aromatic rings. The Morgan fingerprint density at radius 1 is 1.00 bits per heavy atom. The second-order valence-corrected chi connectivity index (χ2v) is 8.32. The lowest BCUT2D eigenvalue weighted by atomic mass is 9.97. The summed E-state index contributed by atoms with van der Waals surface area (Å²) < 4.78 is 24.2. The van der Waals surface area contributed by atoms with Crippen LogP contribution in [0.5, 0.6) is 0 Å². The van der Waals surface area contributed by atoms with E-state index < -0.39 is 18.0 Å². The monoisotopic (exact) mass is 488 g/mol. The third-order valence-corrected chi connectivity index (χ3v) is 5.92. The largest absolute Gasteiger partial charge is 0.481 e. The quantitative estimate of drug-likeness (QED) is 0.296. The predicted molar refractivity (Wildman–Crippen MR) is 133 cm³/mol. The van der Waals surface area contributed by atoms with E-state index in [2.05, 4.69) is 10.5 Å². The highest BCUT2D eigenvalue weighted by atomic mass is 19.1. The number of carboxylic acids is 1. The molecule has 3 aromatic carbocycles. The molecule has 0 saturated carbocycles. The van der Waals surface area contributed by atoms with Crippen LogP contribution in [0.4, 0.5) is 14.9 Å². The van der Waals surface area contributed by atoms with E-state index in [1.54, 1.807) is 32.0 Å². The van der Waals surface area contributed by atoms with Gasteiger partial charge >= 0.3 is 12.1 Å². The molecule has 0 aliphatic carbocycles. The first-order chi connectivity index (χ1) is 17.3. The van der Waals surface area contributed by atoms with E-state index in [-0.39, 0.29) is 18.8 Å². The summed E-state index contributed by atoms with van der Waals surface area (Å²) in [5, 5.41) is 15.9. The number of hydrogen-bond acceptors (Lipinski definition) is 5. The molecule has 1 atom stereocenters. The molecule has 8 heteroatoms. The van der Waals surface area contributed by atoms with E-state index in [1.807, 2.05) is 48.5 Å².